The number of nitrogens with zero attached hydrogens (tertiary/aromatic N) is 3. The molecule has 1 amide bonds. The van der Waals surface area contributed by atoms with Crippen molar-refractivity contribution in [1.29, 1.82) is 0 Å². The molecule has 0 aliphatic carbocycles. The first-order valence-electron chi connectivity index (χ1n) is 9.58. The Morgan fingerprint density at radius 1 is 1.03 bits per heavy atom. The van der Waals surface area contributed by atoms with Gasteiger partial charge in [-0.3, -0.25) is 14.8 Å². The first-order chi connectivity index (χ1) is 13.8. The maximum Gasteiger partial charge on any atom is 0.257 e. The van der Waals surface area contributed by atoms with E-state index < -0.39 is 0 Å². The summed E-state index contributed by atoms with van der Waals surface area (Å²) in [5, 5.41) is 10.6. The zero-order chi connectivity index (χ0) is 21.0. The quantitative estimate of drug-likeness (QED) is 0.522. The van der Waals surface area contributed by atoms with E-state index in [1.54, 1.807) is 12.1 Å². The number of carbonyl (C=O) groups is 1. The second-order valence-electron chi connectivity index (χ2n) is 7.26. The van der Waals surface area contributed by atoms with E-state index in [2.05, 4.69) is 26.8 Å². The normalized spacial score (nSPS) is 11.4. The number of guanidine groups is 1. The minimum atomic E-state index is -0.208. The fourth-order valence-electron chi connectivity index (χ4n) is 3.27. The maximum atomic E-state index is 12.7. The Morgan fingerprint density at radius 3 is 2.28 bits per heavy atom. The van der Waals surface area contributed by atoms with Gasteiger partial charge in [0.25, 0.3) is 5.91 Å². The van der Waals surface area contributed by atoms with Gasteiger partial charge in [0.2, 0.25) is 5.96 Å². The molecule has 0 atom stereocenters. The Bertz CT molecular complexity index is 1030. The number of aromatic nitrogens is 2. The van der Waals surface area contributed by atoms with E-state index in [-0.39, 0.29) is 5.91 Å². The van der Waals surface area contributed by atoms with Crippen LogP contribution in [0.5, 0.6) is 0 Å². The van der Waals surface area contributed by atoms with Crippen molar-refractivity contribution in [2.45, 2.75) is 34.2 Å². The highest BCUT2D eigenvalue weighted by Gasteiger charge is 2.12. The minimum Gasteiger partial charge on any atom is -0.326 e. The number of aryl methyl sites for hydroxylation is 4. The van der Waals surface area contributed by atoms with E-state index >= 15 is 0 Å². The van der Waals surface area contributed by atoms with Crippen molar-refractivity contribution in [3.63, 3.8) is 0 Å². The lowest BCUT2D eigenvalue weighted by Gasteiger charge is -2.13. The molecular weight excluding hydrogens is 362 g/mol. The van der Waals surface area contributed by atoms with Gasteiger partial charge in [0.05, 0.1) is 12.2 Å². The standard InChI is InChI=1S/C23H27N5O/c1-15-11-16(2)13-20(12-15)25-23(26-22(29)19-9-7-6-8-10-19)24-14-21-17(3)27-28(5)18(21)4/h6-13H,14H2,1-5H3,(H2,24,25,26,29). The number of nitrogens with one attached hydrogen (secondary N) is 2. The van der Waals surface area contributed by atoms with Crippen molar-refractivity contribution >= 4 is 17.6 Å². The number of amides is 1. The van der Waals surface area contributed by atoms with E-state index in [0.717, 1.165) is 33.8 Å². The smallest absolute Gasteiger partial charge is 0.257 e. The molecule has 0 radical (unpaired) electrons. The summed E-state index contributed by atoms with van der Waals surface area (Å²) < 4.78 is 1.85. The van der Waals surface area contributed by atoms with Gasteiger partial charge in [0.15, 0.2) is 0 Å². The summed E-state index contributed by atoms with van der Waals surface area (Å²) in [7, 11) is 1.92. The number of rotatable bonds is 4. The van der Waals surface area contributed by atoms with Crippen molar-refractivity contribution < 1.29 is 4.79 Å². The molecule has 0 spiro atoms. The minimum absolute atomic E-state index is 0.208. The molecule has 3 aromatic rings. The molecule has 6 nitrogen and oxygen atoms in total. The molecule has 150 valence electrons. The third-order valence-electron chi connectivity index (χ3n) is 4.81. The van der Waals surface area contributed by atoms with Gasteiger partial charge in [-0.25, -0.2) is 4.99 Å². The molecule has 2 N–H and O–H groups in total. The molecule has 29 heavy (non-hydrogen) atoms. The molecule has 3 rings (SSSR count). The third kappa shape index (κ3) is 5.10. The van der Waals surface area contributed by atoms with Gasteiger partial charge in [-0.05, 0) is 63.1 Å². The van der Waals surface area contributed by atoms with Crippen LogP contribution in [0.2, 0.25) is 0 Å². The van der Waals surface area contributed by atoms with Crippen LogP contribution in [0.3, 0.4) is 0 Å². The highest BCUT2D eigenvalue weighted by molar-refractivity contribution is 6.09. The summed E-state index contributed by atoms with van der Waals surface area (Å²) in [6, 6.07) is 15.3. The summed E-state index contributed by atoms with van der Waals surface area (Å²) in [5.41, 5.74) is 6.80. The van der Waals surface area contributed by atoms with E-state index in [1.807, 2.05) is 69.8 Å². The summed E-state index contributed by atoms with van der Waals surface area (Å²) >= 11 is 0. The van der Waals surface area contributed by atoms with Gasteiger partial charge >= 0.3 is 0 Å². The van der Waals surface area contributed by atoms with Crippen LogP contribution in [0.4, 0.5) is 5.69 Å². The summed E-state index contributed by atoms with van der Waals surface area (Å²) in [4.78, 5) is 17.3. The summed E-state index contributed by atoms with van der Waals surface area (Å²) in [6.45, 7) is 8.50. The molecule has 0 bridgehead atoms. The van der Waals surface area contributed by atoms with E-state index in [0.29, 0.717) is 18.1 Å². The van der Waals surface area contributed by atoms with E-state index in [9.17, 15) is 4.79 Å². The van der Waals surface area contributed by atoms with Crippen molar-refractivity contribution in [2.24, 2.45) is 12.0 Å². The fourth-order valence-corrected chi connectivity index (χ4v) is 3.27. The van der Waals surface area contributed by atoms with Crippen LogP contribution in [-0.2, 0) is 13.6 Å². The monoisotopic (exact) mass is 389 g/mol. The van der Waals surface area contributed by atoms with Crippen LogP contribution in [0.15, 0.2) is 53.5 Å². The Balaban J connectivity index is 1.88. The van der Waals surface area contributed by atoms with Crippen LogP contribution in [0.25, 0.3) is 0 Å². The zero-order valence-corrected chi connectivity index (χ0v) is 17.6. The first-order valence-corrected chi connectivity index (χ1v) is 9.58. The maximum absolute atomic E-state index is 12.7. The van der Waals surface area contributed by atoms with Crippen molar-refractivity contribution in [1.82, 2.24) is 15.1 Å². The number of carbonyl (C=O) groups excluding carboxylic acids is 1. The molecule has 0 saturated carbocycles. The lowest BCUT2D eigenvalue weighted by Crippen LogP contribution is -2.36. The van der Waals surface area contributed by atoms with Gasteiger partial charge in [-0.1, -0.05) is 24.3 Å². The Kier molecular flexibility index (Phi) is 6.12. The van der Waals surface area contributed by atoms with Gasteiger partial charge in [0, 0.05) is 29.6 Å². The Morgan fingerprint density at radius 2 is 1.69 bits per heavy atom. The number of benzene rings is 2. The van der Waals surface area contributed by atoms with Crippen LogP contribution >= 0.6 is 0 Å². The average molecular weight is 390 g/mol. The lowest BCUT2D eigenvalue weighted by atomic mass is 10.1. The predicted molar refractivity (Wildman–Crippen MR) is 117 cm³/mol. The average Bonchev–Trinajstić information content (AvgIpc) is 2.91. The molecule has 0 unspecified atom stereocenters. The van der Waals surface area contributed by atoms with E-state index in [4.69, 9.17) is 0 Å². The largest absolute Gasteiger partial charge is 0.326 e. The Labute approximate surface area is 171 Å². The number of hydrogen-bond acceptors (Lipinski definition) is 3. The summed E-state index contributed by atoms with van der Waals surface area (Å²) in [6.07, 6.45) is 0. The molecule has 1 aromatic heterocycles. The van der Waals surface area contributed by atoms with E-state index in [1.165, 1.54) is 0 Å². The second kappa shape index (κ2) is 8.73. The van der Waals surface area contributed by atoms with Crippen molar-refractivity contribution in [3.8, 4) is 0 Å². The molecule has 1 heterocycles. The SMILES string of the molecule is Cc1cc(C)cc(NC(=NCc2c(C)nn(C)c2C)NC(=O)c2ccccc2)c1. The topological polar surface area (TPSA) is 71.3 Å². The third-order valence-corrected chi connectivity index (χ3v) is 4.81. The fraction of sp³-hybridized carbons (Fsp3) is 0.261. The van der Waals surface area contributed by atoms with Gasteiger partial charge in [-0.15, -0.1) is 0 Å². The molecular formula is C23H27N5O. The number of aliphatic imine (C=N–C) groups is 1. The van der Waals surface area contributed by atoms with Gasteiger partial charge in [0.1, 0.15) is 0 Å². The molecule has 6 heteroatoms. The first kappa shape index (κ1) is 20.3. The van der Waals surface area contributed by atoms with Gasteiger partial charge in [-0.2, -0.15) is 5.10 Å². The lowest BCUT2D eigenvalue weighted by molar-refractivity contribution is 0.0977. The molecule has 0 aliphatic rings. The van der Waals surface area contributed by atoms with Gasteiger partial charge < -0.3 is 5.32 Å². The molecule has 0 saturated heterocycles. The van der Waals surface area contributed by atoms with Crippen molar-refractivity contribution in [2.75, 3.05) is 5.32 Å². The highest BCUT2D eigenvalue weighted by atomic mass is 16.1. The zero-order valence-electron chi connectivity index (χ0n) is 17.6. The number of anilines is 1. The van der Waals surface area contributed by atoms with Crippen LogP contribution in [0, 0.1) is 27.7 Å². The van der Waals surface area contributed by atoms with Crippen LogP contribution < -0.4 is 10.6 Å². The van der Waals surface area contributed by atoms with Crippen LogP contribution in [-0.4, -0.2) is 21.6 Å². The molecule has 0 aliphatic heterocycles. The Hall–Kier alpha value is -3.41. The summed E-state index contributed by atoms with van der Waals surface area (Å²) in [5.74, 6) is 0.201. The molecule has 2 aromatic carbocycles. The van der Waals surface area contributed by atoms with Crippen molar-refractivity contribution in [3.05, 3.63) is 82.2 Å². The molecule has 0 fully saturated rings. The van der Waals surface area contributed by atoms with Crippen LogP contribution in [0.1, 0.15) is 38.4 Å². The highest BCUT2D eigenvalue weighted by Crippen LogP contribution is 2.15. The predicted octanol–water partition coefficient (Wildman–Crippen LogP) is 4.05. The second-order valence-corrected chi connectivity index (χ2v) is 7.26. The number of hydrogen-bond donors (Lipinski definition) is 2.